The van der Waals surface area contributed by atoms with Crippen molar-refractivity contribution >= 4 is 23.9 Å². The van der Waals surface area contributed by atoms with Gasteiger partial charge in [0, 0.05) is 5.75 Å². The maximum Gasteiger partial charge on any atom is 0.264 e. The van der Waals surface area contributed by atoms with Crippen LogP contribution in [0.4, 0.5) is 5.95 Å². The first-order valence-electron chi connectivity index (χ1n) is 8.09. The third-order valence-electron chi connectivity index (χ3n) is 3.66. The number of methoxy groups -OCH3 is 2. The Morgan fingerprint density at radius 3 is 2.63 bits per heavy atom. The van der Waals surface area contributed by atoms with Gasteiger partial charge in [-0.25, -0.2) is 10.1 Å². The molecule has 0 fully saturated rings. The highest BCUT2D eigenvalue weighted by atomic mass is 32.2. The molecule has 3 aromatic rings. The molecule has 0 amide bonds. The average Bonchev–Trinajstić information content (AvgIpc) is 3.06. The van der Waals surface area contributed by atoms with Crippen LogP contribution >= 0.6 is 11.8 Å². The van der Waals surface area contributed by atoms with E-state index in [2.05, 4.69) is 32.9 Å². The third kappa shape index (κ3) is 4.70. The van der Waals surface area contributed by atoms with Crippen molar-refractivity contribution in [2.75, 3.05) is 25.5 Å². The lowest BCUT2D eigenvalue weighted by Crippen LogP contribution is -2.13. The van der Waals surface area contributed by atoms with E-state index in [1.807, 2.05) is 36.4 Å². The largest absolute Gasteiger partial charge is 0.493 e. The van der Waals surface area contributed by atoms with Crippen LogP contribution in [0.3, 0.4) is 0 Å². The molecule has 1 heterocycles. The van der Waals surface area contributed by atoms with Crippen LogP contribution < -0.4 is 20.7 Å². The van der Waals surface area contributed by atoms with Gasteiger partial charge in [-0.05, 0) is 29.3 Å². The Kier molecular flexibility index (Phi) is 6.16. The molecule has 0 aliphatic heterocycles. The molecule has 3 N–H and O–H groups in total. The van der Waals surface area contributed by atoms with Crippen molar-refractivity contribution in [3.05, 3.63) is 59.7 Å². The van der Waals surface area contributed by atoms with Crippen molar-refractivity contribution in [3.63, 3.8) is 0 Å². The van der Waals surface area contributed by atoms with Crippen molar-refractivity contribution in [2.24, 2.45) is 5.10 Å². The highest BCUT2D eigenvalue weighted by Crippen LogP contribution is 2.27. The number of benzene rings is 2. The van der Waals surface area contributed by atoms with Gasteiger partial charge in [0.2, 0.25) is 5.16 Å². The fourth-order valence-corrected chi connectivity index (χ4v) is 3.08. The zero-order chi connectivity index (χ0) is 19.1. The summed E-state index contributed by atoms with van der Waals surface area (Å²) >= 11 is 1.50. The summed E-state index contributed by atoms with van der Waals surface area (Å²) in [5.74, 6) is 8.42. The van der Waals surface area contributed by atoms with E-state index in [-0.39, 0.29) is 0 Å². The van der Waals surface area contributed by atoms with Gasteiger partial charge in [-0.2, -0.15) is 5.10 Å². The number of hydrogen-bond acceptors (Lipinski definition) is 8. The van der Waals surface area contributed by atoms with Crippen LogP contribution in [0.2, 0.25) is 0 Å². The summed E-state index contributed by atoms with van der Waals surface area (Å²) in [6.07, 6.45) is 1.63. The number of hydrogen-bond donors (Lipinski definition) is 2. The molecule has 27 heavy (non-hydrogen) atoms. The van der Waals surface area contributed by atoms with Gasteiger partial charge in [0.1, 0.15) is 0 Å². The molecule has 0 unspecified atom stereocenters. The van der Waals surface area contributed by atoms with Gasteiger partial charge < -0.3 is 15.3 Å². The Morgan fingerprint density at radius 2 is 1.89 bits per heavy atom. The molecule has 0 spiro atoms. The molecule has 0 bridgehead atoms. The van der Waals surface area contributed by atoms with Gasteiger partial charge in [0.25, 0.3) is 5.95 Å². The van der Waals surface area contributed by atoms with E-state index in [9.17, 15) is 0 Å². The molecule has 0 aliphatic carbocycles. The SMILES string of the molecule is COc1ccc(/C=N/Nc2nnc(SCc3ccccc3)n2N)cc1OC. The summed E-state index contributed by atoms with van der Waals surface area (Å²) in [5.41, 5.74) is 4.82. The van der Waals surface area contributed by atoms with Crippen LogP contribution in [0.15, 0.2) is 58.8 Å². The summed E-state index contributed by atoms with van der Waals surface area (Å²) < 4.78 is 11.9. The minimum Gasteiger partial charge on any atom is -0.493 e. The number of nitrogens with one attached hydrogen (secondary N) is 1. The molecule has 140 valence electrons. The molecular formula is C18H20N6O2S. The maximum atomic E-state index is 6.03. The van der Waals surface area contributed by atoms with Crippen LogP contribution in [0.5, 0.6) is 11.5 Å². The zero-order valence-corrected chi connectivity index (χ0v) is 15.8. The van der Waals surface area contributed by atoms with Gasteiger partial charge in [0.05, 0.1) is 20.4 Å². The highest BCUT2D eigenvalue weighted by molar-refractivity contribution is 7.98. The van der Waals surface area contributed by atoms with E-state index in [4.69, 9.17) is 15.3 Å². The van der Waals surface area contributed by atoms with E-state index >= 15 is 0 Å². The topological polar surface area (TPSA) is 99.6 Å². The number of nitrogens with two attached hydrogens (primary N) is 1. The first kappa shape index (κ1) is 18.6. The molecule has 9 heteroatoms. The first-order chi connectivity index (χ1) is 13.2. The predicted molar refractivity (Wildman–Crippen MR) is 107 cm³/mol. The molecule has 0 saturated heterocycles. The van der Waals surface area contributed by atoms with Crippen LogP contribution in [-0.2, 0) is 5.75 Å². The molecule has 0 atom stereocenters. The Labute approximate surface area is 161 Å². The number of hydrazone groups is 1. The van der Waals surface area contributed by atoms with Gasteiger partial charge in [-0.1, -0.05) is 42.1 Å². The highest BCUT2D eigenvalue weighted by Gasteiger charge is 2.09. The second kappa shape index (κ2) is 8.95. The average molecular weight is 384 g/mol. The van der Waals surface area contributed by atoms with Crippen LogP contribution in [0.25, 0.3) is 0 Å². The number of thioether (sulfide) groups is 1. The van der Waals surface area contributed by atoms with E-state index in [0.717, 1.165) is 11.3 Å². The third-order valence-corrected chi connectivity index (χ3v) is 4.68. The number of anilines is 1. The Balaban J connectivity index is 1.61. The standard InChI is InChI=1S/C18H20N6O2S/c1-25-15-9-8-14(10-16(15)26-2)11-20-21-17-22-23-18(24(17)19)27-12-13-6-4-3-5-7-13/h3-11H,12,19H2,1-2H3,(H,21,22)/b20-11+. The Bertz CT molecular complexity index is 913. The zero-order valence-electron chi connectivity index (χ0n) is 15.0. The summed E-state index contributed by atoms with van der Waals surface area (Å²) in [7, 11) is 3.18. The molecule has 3 rings (SSSR count). The molecular weight excluding hydrogens is 364 g/mol. The van der Waals surface area contributed by atoms with Gasteiger partial charge in [-0.15, -0.1) is 10.2 Å². The van der Waals surface area contributed by atoms with Crippen LogP contribution in [0, 0.1) is 0 Å². The lowest BCUT2D eigenvalue weighted by molar-refractivity contribution is 0.355. The molecule has 0 saturated carbocycles. The predicted octanol–water partition coefficient (Wildman–Crippen LogP) is 2.75. The number of ether oxygens (including phenoxy) is 2. The van der Waals surface area contributed by atoms with Crippen molar-refractivity contribution in [1.29, 1.82) is 0 Å². The van der Waals surface area contributed by atoms with Crippen molar-refractivity contribution in [3.8, 4) is 11.5 Å². The second-order valence-corrected chi connectivity index (χ2v) is 6.38. The summed E-state index contributed by atoms with van der Waals surface area (Å²) in [6.45, 7) is 0. The minimum atomic E-state index is 0.349. The quantitative estimate of drug-likeness (QED) is 0.267. The molecule has 0 radical (unpaired) electrons. The maximum absolute atomic E-state index is 6.03. The lowest BCUT2D eigenvalue weighted by atomic mass is 10.2. The van der Waals surface area contributed by atoms with Crippen molar-refractivity contribution in [2.45, 2.75) is 10.9 Å². The molecule has 0 aliphatic rings. The van der Waals surface area contributed by atoms with E-state index in [1.165, 1.54) is 22.0 Å². The van der Waals surface area contributed by atoms with Gasteiger partial charge >= 0.3 is 0 Å². The number of rotatable bonds is 8. The van der Waals surface area contributed by atoms with E-state index < -0.39 is 0 Å². The number of nitrogens with zero attached hydrogens (tertiary/aromatic N) is 4. The smallest absolute Gasteiger partial charge is 0.264 e. The summed E-state index contributed by atoms with van der Waals surface area (Å²) in [6, 6.07) is 15.6. The van der Waals surface area contributed by atoms with E-state index in [0.29, 0.717) is 22.6 Å². The lowest BCUT2D eigenvalue weighted by Gasteiger charge is -2.07. The van der Waals surface area contributed by atoms with Crippen LogP contribution in [-0.4, -0.2) is 35.3 Å². The minimum absolute atomic E-state index is 0.349. The van der Waals surface area contributed by atoms with Gasteiger partial charge in [-0.3, -0.25) is 0 Å². The fourth-order valence-electron chi connectivity index (χ4n) is 2.27. The normalized spacial score (nSPS) is 10.9. The Morgan fingerprint density at radius 1 is 1.11 bits per heavy atom. The monoisotopic (exact) mass is 384 g/mol. The molecule has 2 aromatic carbocycles. The van der Waals surface area contributed by atoms with Crippen molar-refractivity contribution in [1.82, 2.24) is 14.9 Å². The van der Waals surface area contributed by atoms with Crippen molar-refractivity contribution < 1.29 is 9.47 Å². The van der Waals surface area contributed by atoms with E-state index in [1.54, 1.807) is 20.4 Å². The van der Waals surface area contributed by atoms with Crippen LogP contribution in [0.1, 0.15) is 11.1 Å². The molecule has 1 aromatic heterocycles. The number of aromatic nitrogens is 3. The summed E-state index contributed by atoms with van der Waals surface area (Å²) in [4.78, 5) is 0. The first-order valence-corrected chi connectivity index (χ1v) is 9.08. The Hall–Kier alpha value is -3.20. The fraction of sp³-hybridized carbons (Fsp3) is 0.167. The second-order valence-electron chi connectivity index (χ2n) is 5.43. The number of nitrogen functional groups attached to an aromatic ring is 1. The molecule has 8 nitrogen and oxygen atoms in total. The summed E-state index contributed by atoms with van der Waals surface area (Å²) in [5, 5.41) is 12.9. The van der Waals surface area contributed by atoms with Gasteiger partial charge in [0.15, 0.2) is 11.5 Å².